The van der Waals surface area contributed by atoms with Gasteiger partial charge in [0, 0.05) is 36.7 Å². The molecule has 0 aliphatic carbocycles. The van der Waals surface area contributed by atoms with Crippen molar-refractivity contribution < 1.29 is 38.1 Å². The van der Waals surface area contributed by atoms with Crippen LogP contribution in [-0.2, 0) is 38.6 Å². The summed E-state index contributed by atoms with van der Waals surface area (Å²) in [5, 5.41) is 18.6. The number of halogens is 3. The first-order valence-electron chi connectivity index (χ1n) is 39.9. The molecule has 32 heteroatoms. The van der Waals surface area contributed by atoms with Crippen molar-refractivity contribution in [3.05, 3.63) is 327 Å². The number of aromatic nitrogens is 10. The Balaban J connectivity index is 0.000000173. The van der Waals surface area contributed by atoms with Gasteiger partial charge in [0.05, 0.1) is 122 Å². The Kier molecular flexibility index (Phi) is 30.9. The quantitative estimate of drug-likeness (QED) is 0.0158. The van der Waals surface area contributed by atoms with E-state index in [1.165, 1.54) is 21.3 Å². The molecule has 0 saturated heterocycles. The number of amides is 1. The van der Waals surface area contributed by atoms with E-state index in [2.05, 4.69) is 46.5 Å². The third kappa shape index (κ3) is 22.6. The number of nitrogen functional groups attached to an aromatic ring is 2. The second-order valence-electron chi connectivity index (χ2n) is 29.4. The van der Waals surface area contributed by atoms with Gasteiger partial charge in [0.25, 0.3) is 16.7 Å². The van der Waals surface area contributed by atoms with Gasteiger partial charge in [-0.1, -0.05) is 165 Å². The number of alkyl carbamates (subject to hydrolysis) is 1. The Hall–Kier alpha value is -14.1. The van der Waals surface area contributed by atoms with Crippen molar-refractivity contribution >= 4 is 126 Å². The van der Waals surface area contributed by atoms with E-state index in [-0.39, 0.29) is 45.7 Å². The molecule has 0 spiro atoms. The number of anilines is 6. The number of benzene rings is 9. The minimum atomic E-state index is -0.668. The number of hydrogen-bond donors (Lipinski definition) is 8. The molecule has 9 aromatic carbocycles. The average molecular weight is 1750 g/mol. The average Bonchev–Trinajstić information content (AvgIpc) is 0.763. The summed E-state index contributed by atoms with van der Waals surface area (Å²) in [5.74, 6) is 0.889. The number of rotatable bonds is 24. The predicted octanol–water partition coefficient (Wildman–Crippen LogP) is 17.3. The fourth-order valence-corrected chi connectivity index (χ4v) is 13.8. The van der Waals surface area contributed by atoms with Crippen LogP contribution < -0.4 is 60.5 Å². The highest BCUT2D eigenvalue weighted by Gasteiger charge is 2.28. The van der Waals surface area contributed by atoms with Crippen LogP contribution in [0.4, 0.5) is 39.6 Å². The molecule has 0 saturated carbocycles. The third-order valence-electron chi connectivity index (χ3n) is 19.6. The Morgan fingerprint density at radius 3 is 1.09 bits per heavy atom. The topological polar surface area (TPSA) is 400 Å². The molecule has 0 bridgehead atoms. The molecule has 644 valence electrons. The SMILES string of the molecule is CC[C@H](N)c1nc2cccc(NCc3ccc(C(=O)OC)cc3)c2c(=O)n1-c1ccccc1.CC[C@H](NC(=O)OC(C)(C)C)c1nc2cccc(NCc3ccc(C(=O)OC)cc3)c2c(=O)n1-c1ccccc1.CC[C@H](Nc1nc(N)nc(C)c1Cl)c1nc2cccc(NCc3ccc(C(=O)OC)cc3)c2c(=O)n1-c1ccccc1.Cc1nc(N)nc(Cl)c1Cl. The summed E-state index contributed by atoms with van der Waals surface area (Å²) in [6, 6.07) is 64.5. The molecular weight excluding hydrogens is 1650 g/mol. The summed E-state index contributed by atoms with van der Waals surface area (Å²) in [4.78, 5) is 121. The Morgan fingerprint density at radius 1 is 0.416 bits per heavy atom. The van der Waals surface area contributed by atoms with Crippen LogP contribution in [0.1, 0.15) is 156 Å². The van der Waals surface area contributed by atoms with E-state index in [0.717, 1.165) is 22.4 Å². The Morgan fingerprint density at radius 2 is 0.752 bits per heavy atom. The lowest BCUT2D eigenvalue weighted by molar-refractivity contribution is 0.0496. The van der Waals surface area contributed by atoms with E-state index in [9.17, 15) is 33.6 Å². The number of ether oxygens (including phenoxy) is 4. The number of methoxy groups -OCH3 is 3. The van der Waals surface area contributed by atoms with Crippen LogP contribution in [0.3, 0.4) is 0 Å². The predicted molar refractivity (Wildman–Crippen MR) is 491 cm³/mol. The molecular formula is C93H95Cl3N18O11. The minimum absolute atomic E-state index is 0.0943. The molecule has 5 aromatic heterocycles. The zero-order valence-corrected chi connectivity index (χ0v) is 72.9. The lowest BCUT2D eigenvalue weighted by Crippen LogP contribution is -2.37. The molecule has 14 aromatic rings. The standard InChI is InChI=1S/C31H30ClN7O3.C31H34N4O5.C26H26N4O3.C5H5Cl2N3/c1-4-22(36-27-26(32)18(2)35-31(33)38-27)28-37-24-12-8-11-23(25(24)29(40)39(28)21-9-6-5-7-10-21)34-17-19-13-15-20(16-14-19)30(41)42-3;1-6-23(34-30(38)40-31(2,3)4)27-33-25-14-10-13-24(26(25)28(36)35(27)22-11-8-7-9-12-22)32-19-20-15-17-21(18-16-20)29(37)39-5;1-3-20(27)24-29-22-11-7-10-21(23(22)25(31)30(24)19-8-5-4-6-9-19)28-16-17-12-14-18(15-13-17)26(32)33-2;1-2-3(6)4(7)10-5(8)9-2/h5-16,22,34H,4,17H2,1-3H3,(H3,33,35,36,38);7-18,23,32H,6,19H2,1-5H3,(H,34,38);4-15,20,28H,3,16,27H2,1-2H3;1H3,(H2,8,9,10)/t22-;23-;20-;/m000./s1. The lowest BCUT2D eigenvalue weighted by Gasteiger charge is -2.25. The van der Waals surface area contributed by atoms with Gasteiger partial charge in [-0.2, -0.15) is 9.97 Å². The van der Waals surface area contributed by atoms with Crippen LogP contribution in [0.5, 0.6) is 0 Å². The molecule has 3 atom stereocenters. The number of esters is 3. The number of fused-ring (bicyclic) bond motifs is 3. The molecule has 14 rings (SSSR count). The van der Waals surface area contributed by atoms with Gasteiger partial charge in [-0.3, -0.25) is 28.1 Å². The molecule has 125 heavy (non-hydrogen) atoms. The van der Waals surface area contributed by atoms with Gasteiger partial charge < -0.3 is 62.7 Å². The van der Waals surface area contributed by atoms with Crippen molar-refractivity contribution in [3.8, 4) is 17.1 Å². The van der Waals surface area contributed by atoms with Gasteiger partial charge in [0.1, 0.15) is 28.1 Å². The normalized spacial score (nSPS) is 11.7. The molecule has 11 N–H and O–H groups in total. The maximum absolute atomic E-state index is 14.3. The van der Waals surface area contributed by atoms with E-state index in [1.54, 1.807) is 90.8 Å². The zero-order chi connectivity index (χ0) is 89.8. The molecule has 0 fully saturated rings. The minimum Gasteiger partial charge on any atom is -0.465 e. The highest BCUT2D eigenvalue weighted by Crippen LogP contribution is 2.33. The molecule has 29 nitrogen and oxygen atoms in total. The first-order chi connectivity index (χ1) is 60.0. The fourth-order valence-electron chi connectivity index (χ4n) is 13.3. The molecule has 1 amide bonds. The fraction of sp³-hybridized carbons (Fsp3) is 0.226. The smallest absolute Gasteiger partial charge is 0.408 e. The van der Waals surface area contributed by atoms with Crippen LogP contribution in [0, 0.1) is 13.8 Å². The van der Waals surface area contributed by atoms with Gasteiger partial charge in [-0.05, 0) is 180 Å². The summed E-state index contributed by atoms with van der Waals surface area (Å²) in [7, 11) is 4.05. The summed E-state index contributed by atoms with van der Waals surface area (Å²) in [6.07, 6.45) is 1.14. The highest BCUT2D eigenvalue weighted by atomic mass is 35.5. The van der Waals surface area contributed by atoms with Crippen LogP contribution in [0.2, 0.25) is 15.2 Å². The molecule has 0 aliphatic heterocycles. The number of hydrogen-bond acceptors (Lipinski definition) is 25. The number of nitrogens with two attached hydrogens (primary N) is 3. The first-order valence-corrected chi connectivity index (χ1v) is 41.0. The maximum Gasteiger partial charge on any atom is 0.408 e. The van der Waals surface area contributed by atoms with Gasteiger partial charge in [-0.25, -0.2) is 44.1 Å². The Bertz CT molecular complexity index is 6360. The van der Waals surface area contributed by atoms with E-state index < -0.39 is 35.7 Å². The van der Waals surface area contributed by atoms with E-state index in [0.29, 0.717) is 161 Å². The molecule has 0 radical (unpaired) electrons. The summed E-state index contributed by atoms with van der Waals surface area (Å²) in [5.41, 5.74) is 27.2. The van der Waals surface area contributed by atoms with E-state index in [1.807, 2.05) is 197 Å². The van der Waals surface area contributed by atoms with Gasteiger partial charge in [0.2, 0.25) is 11.9 Å². The van der Waals surface area contributed by atoms with Gasteiger partial charge in [0.15, 0.2) is 11.0 Å². The van der Waals surface area contributed by atoms with Gasteiger partial charge >= 0.3 is 24.0 Å². The van der Waals surface area contributed by atoms with Crippen molar-refractivity contribution in [2.45, 2.75) is 118 Å². The van der Waals surface area contributed by atoms with Crippen LogP contribution in [0.15, 0.2) is 233 Å². The summed E-state index contributed by atoms with van der Waals surface area (Å²) >= 11 is 17.7. The largest absolute Gasteiger partial charge is 0.465 e. The number of carbonyl (C=O) groups is 4. The highest BCUT2D eigenvalue weighted by molar-refractivity contribution is 6.41. The second kappa shape index (κ2) is 42.1. The summed E-state index contributed by atoms with van der Waals surface area (Å²) < 4.78 is 24.5. The molecule has 5 heterocycles. The monoisotopic (exact) mass is 1740 g/mol. The van der Waals surface area contributed by atoms with Crippen molar-refractivity contribution in [2.24, 2.45) is 5.73 Å². The lowest BCUT2D eigenvalue weighted by atomic mass is 10.1. The first kappa shape index (κ1) is 91.6. The van der Waals surface area contributed by atoms with Crippen molar-refractivity contribution in [1.29, 1.82) is 0 Å². The number of nitrogens with one attached hydrogen (secondary N) is 5. The van der Waals surface area contributed by atoms with Crippen LogP contribution in [0.25, 0.3) is 49.8 Å². The molecule has 0 aliphatic rings. The van der Waals surface area contributed by atoms with Crippen molar-refractivity contribution in [1.82, 2.24) is 53.9 Å². The molecule has 0 unspecified atom stereocenters. The Labute approximate surface area is 735 Å². The number of nitrogens with zero attached hydrogens (tertiary/aromatic N) is 10. The van der Waals surface area contributed by atoms with Crippen molar-refractivity contribution in [3.63, 3.8) is 0 Å². The van der Waals surface area contributed by atoms with E-state index in [4.69, 9.17) is 85.9 Å². The van der Waals surface area contributed by atoms with Gasteiger partial charge in [-0.15, -0.1) is 0 Å². The number of carbonyl (C=O) groups excluding carboxylic acids is 4. The third-order valence-corrected chi connectivity index (χ3v) is 20.9. The van der Waals surface area contributed by atoms with Crippen molar-refractivity contribution in [2.75, 3.05) is 54.1 Å². The summed E-state index contributed by atoms with van der Waals surface area (Å²) in [6.45, 7) is 16.0. The number of para-hydroxylation sites is 3. The number of aryl methyl sites for hydroxylation is 2. The van der Waals surface area contributed by atoms with E-state index >= 15 is 0 Å². The van der Waals surface area contributed by atoms with Crippen LogP contribution in [-0.4, -0.2) is 99.5 Å². The zero-order valence-electron chi connectivity index (χ0n) is 70.6. The second-order valence-corrected chi connectivity index (χ2v) is 30.5. The maximum atomic E-state index is 14.3. The van der Waals surface area contributed by atoms with Crippen LogP contribution >= 0.6 is 34.8 Å².